The molecule has 7 heteroatoms. The number of benzene rings is 1. The number of para-hydroxylation sites is 1. The molecule has 1 aromatic carbocycles. The van der Waals surface area contributed by atoms with Crippen molar-refractivity contribution in [3.63, 3.8) is 0 Å². The molecule has 1 aliphatic heterocycles. The molecular formula is C21H28N6O. The van der Waals surface area contributed by atoms with Crippen LogP contribution in [0.15, 0.2) is 42.9 Å². The number of rotatable bonds is 6. The van der Waals surface area contributed by atoms with E-state index in [-0.39, 0.29) is 12.5 Å². The first-order chi connectivity index (χ1) is 13.6. The van der Waals surface area contributed by atoms with Crippen LogP contribution in [-0.2, 0) is 17.9 Å². The van der Waals surface area contributed by atoms with Crippen LogP contribution in [0, 0.1) is 0 Å². The van der Waals surface area contributed by atoms with E-state index in [9.17, 15) is 4.79 Å². The highest BCUT2D eigenvalue weighted by Crippen LogP contribution is 2.26. The van der Waals surface area contributed by atoms with Gasteiger partial charge in [0.25, 0.3) is 0 Å². The zero-order valence-electron chi connectivity index (χ0n) is 16.7. The summed E-state index contributed by atoms with van der Waals surface area (Å²) in [5, 5.41) is 5.47. The zero-order chi connectivity index (χ0) is 19.5. The number of likely N-dealkylation sites (N-methyl/N-ethyl adjacent to an activating group) is 1. The van der Waals surface area contributed by atoms with E-state index in [2.05, 4.69) is 39.8 Å². The normalized spacial score (nSPS) is 17.5. The number of likely N-dealkylation sites (tertiary alicyclic amines) is 1. The number of nitrogens with zero attached hydrogens (tertiary/aromatic N) is 6. The summed E-state index contributed by atoms with van der Waals surface area (Å²) < 4.78 is 4.04. The van der Waals surface area contributed by atoms with Gasteiger partial charge < -0.3 is 14.4 Å². The van der Waals surface area contributed by atoms with Crippen LogP contribution in [0.5, 0.6) is 0 Å². The third-order valence-electron chi connectivity index (χ3n) is 5.51. The molecule has 3 aromatic rings. The number of aromatic nitrogens is 4. The zero-order valence-corrected chi connectivity index (χ0v) is 16.7. The average Bonchev–Trinajstić information content (AvgIpc) is 3.34. The lowest BCUT2D eigenvalue weighted by Gasteiger charge is -2.33. The fourth-order valence-electron chi connectivity index (χ4n) is 3.97. The van der Waals surface area contributed by atoms with Gasteiger partial charge in [0.1, 0.15) is 12.4 Å². The molecule has 1 amide bonds. The Balaban J connectivity index is 1.44. The molecule has 1 aliphatic rings. The number of fused-ring (bicyclic) bond motifs is 1. The monoisotopic (exact) mass is 380 g/mol. The van der Waals surface area contributed by atoms with Gasteiger partial charge in [0.2, 0.25) is 5.91 Å². The fourth-order valence-corrected chi connectivity index (χ4v) is 3.97. The Morgan fingerprint density at radius 2 is 2.14 bits per heavy atom. The van der Waals surface area contributed by atoms with Crippen molar-refractivity contribution >= 4 is 16.8 Å². The minimum Gasteiger partial charge on any atom is -0.340 e. The van der Waals surface area contributed by atoms with Gasteiger partial charge in [-0.2, -0.15) is 5.10 Å². The Bertz CT molecular complexity index is 943. The maximum Gasteiger partial charge on any atom is 0.244 e. The van der Waals surface area contributed by atoms with Gasteiger partial charge in [-0.1, -0.05) is 18.2 Å². The molecule has 0 bridgehead atoms. The van der Waals surface area contributed by atoms with Gasteiger partial charge in [-0.3, -0.25) is 9.48 Å². The molecule has 0 radical (unpaired) electrons. The van der Waals surface area contributed by atoms with Crippen LogP contribution in [0.4, 0.5) is 0 Å². The largest absolute Gasteiger partial charge is 0.340 e. The Morgan fingerprint density at radius 1 is 1.29 bits per heavy atom. The highest BCUT2D eigenvalue weighted by Gasteiger charge is 2.27. The third-order valence-corrected chi connectivity index (χ3v) is 5.51. The Hall–Kier alpha value is -2.67. The predicted molar refractivity (Wildman–Crippen MR) is 109 cm³/mol. The van der Waals surface area contributed by atoms with Crippen LogP contribution in [0.2, 0.25) is 0 Å². The van der Waals surface area contributed by atoms with Gasteiger partial charge in [-0.25, -0.2) is 4.98 Å². The second-order valence-corrected chi connectivity index (χ2v) is 7.82. The summed E-state index contributed by atoms with van der Waals surface area (Å²) in [6, 6.07) is 8.00. The molecule has 0 aliphatic carbocycles. The molecule has 2 aromatic heterocycles. The maximum atomic E-state index is 13.0. The van der Waals surface area contributed by atoms with Gasteiger partial charge in [0.05, 0.1) is 11.7 Å². The molecule has 4 rings (SSSR count). The molecule has 0 unspecified atom stereocenters. The van der Waals surface area contributed by atoms with Crippen molar-refractivity contribution in [2.75, 3.05) is 33.7 Å². The highest BCUT2D eigenvalue weighted by atomic mass is 16.2. The summed E-state index contributed by atoms with van der Waals surface area (Å²) in [6.07, 6.45) is 7.84. The molecule has 0 saturated carbocycles. The van der Waals surface area contributed by atoms with Gasteiger partial charge in [-0.15, -0.1) is 0 Å². The van der Waals surface area contributed by atoms with Gasteiger partial charge in [0, 0.05) is 49.9 Å². The van der Waals surface area contributed by atoms with E-state index in [0.29, 0.717) is 5.92 Å². The van der Waals surface area contributed by atoms with Crippen LogP contribution < -0.4 is 0 Å². The van der Waals surface area contributed by atoms with Crippen LogP contribution >= 0.6 is 0 Å². The van der Waals surface area contributed by atoms with Crippen LogP contribution in [-0.4, -0.2) is 68.8 Å². The van der Waals surface area contributed by atoms with E-state index in [1.807, 2.05) is 41.6 Å². The van der Waals surface area contributed by atoms with E-state index in [4.69, 9.17) is 0 Å². The molecule has 1 atom stereocenters. The second kappa shape index (κ2) is 8.14. The lowest BCUT2D eigenvalue weighted by Crippen LogP contribution is -2.41. The number of amides is 1. The summed E-state index contributed by atoms with van der Waals surface area (Å²) in [4.78, 5) is 21.7. The van der Waals surface area contributed by atoms with E-state index >= 15 is 0 Å². The Morgan fingerprint density at radius 3 is 3.00 bits per heavy atom. The fraction of sp³-hybridized carbons (Fsp3) is 0.476. The van der Waals surface area contributed by atoms with E-state index < -0.39 is 0 Å². The molecular weight excluding hydrogens is 352 g/mol. The van der Waals surface area contributed by atoms with Crippen molar-refractivity contribution in [1.29, 1.82) is 0 Å². The smallest absolute Gasteiger partial charge is 0.244 e. The van der Waals surface area contributed by atoms with E-state index in [0.717, 1.165) is 55.7 Å². The molecule has 7 nitrogen and oxygen atoms in total. The highest BCUT2D eigenvalue weighted by molar-refractivity contribution is 5.82. The molecule has 28 heavy (non-hydrogen) atoms. The summed E-state index contributed by atoms with van der Waals surface area (Å²) in [5.74, 6) is 1.53. The third kappa shape index (κ3) is 3.94. The van der Waals surface area contributed by atoms with Gasteiger partial charge >= 0.3 is 0 Å². The number of carbonyl (C=O) groups is 1. The molecule has 0 N–H and O–H groups in total. The molecule has 148 valence electrons. The maximum absolute atomic E-state index is 13.0. The number of imidazole rings is 1. The summed E-state index contributed by atoms with van der Waals surface area (Å²) in [5.41, 5.74) is 1.00. The SMILES string of the molecule is CN(C)CCn1ccnc1[C@@H]1CCCN(C(=O)Cn2ncc3ccccc32)C1. The van der Waals surface area contributed by atoms with Crippen molar-refractivity contribution in [3.05, 3.63) is 48.7 Å². The number of hydrogen-bond donors (Lipinski definition) is 0. The topological polar surface area (TPSA) is 59.2 Å². The lowest BCUT2D eigenvalue weighted by molar-refractivity contribution is -0.133. The van der Waals surface area contributed by atoms with Crippen molar-refractivity contribution in [1.82, 2.24) is 29.1 Å². The first-order valence-corrected chi connectivity index (χ1v) is 9.96. The minimum absolute atomic E-state index is 0.130. The van der Waals surface area contributed by atoms with Crippen LogP contribution in [0.25, 0.3) is 10.9 Å². The molecule has 0 spiro atoms. The molecule has 1 fully saturated rings. The van der Waals surface area contributed by atoms with Crippen LogP contribution in [0.1, 0.15) is 24.6 Å². The first kappa shape index (κ1) is 18.7. The van der Waals surface area contributed by atoms with Crippen LogP contribution in [0.3, 0.4) is 0 Å². The van der Waals surface area contributed by atoms with Gasteiger partial charge in [-0.05, 0) is 33.0 Å². The first-order valence-electron chi connectivity index (χ1n) is 9.96. The second-order valence-electron chi connectivity index (χ2n) is 7.82. The Kier molecular flexibility index (Phi) is 5.43. The molecule has 3 heterocycles. The van der Waals surface area contributed by atoms with Gasteiger partial charge in [0.15, 0.2) is 0 Å². The lowest BCUT2D eigenvalue weighted by atomic mass is 9.97. The Labute approximate surface area is 165 Å². The van der Waals surface area contributed by atoms with Crippen molar-refractivity contribution in [2.24, 2.45) is 0 Å². The summed E-state index contributed by atoms with van der Waals surface area (Å²) in [7, 11) is 4.16. The summed E-state index contributed by atoms with van der Waals surface area (Å²) >= 11 is 0. The molecule has 1 saturated heterocycles. The van der Waals surface area contributed by atoms with Crippen molar-refractivity contribution < 1.29 is 4.79 Å². The predicted octanol–water partition coefficient (Wildman–Crippen LogP) is 2.20. The quantitative estimate of drug-likeness (QED) is 0.658. The standard InChI is InChI=1S/C21H28N6O/c1-24(2)12-13-25-11-9-22-21(25)18-7-5-10-26(15-18)20(28)16-27-19-8-4-3-6-17(19)14-23-27/h3-4,6,8-9,11,14,18H,5,7,10,12-13,15-16H2,1-2H3/t18-/m1/s1. The number of hydrogen-bond acceptors (Lipinski definition) is 4. The number of carbonyl (C=O) groups excluding carboxylic acids is 1. The van der Waals surface area contributed by atoms with Crippen molar-refractivity contribution in [3.8, 4) is 0 Å². The number of piperidine rings is 1. The van der Waals surface area contributed by atoms with Crippen molar-refractivity contribution in [2.45, 2.75) is 31.8 Å². The van der Waals surface area contributed by atoms with E-state index in [1.165, 1.54) is 0 Å². The minimum atomic E-state index is 0.130. The van der Waals surface area contributed by atoms with E-state index in [1.54, 1.807) is 4.68 Å². The average molecular weight is 380 g/mol. The summed E-state index contributed by atoms with van der Waals surface area (Å²) in [6.45, 7) is 3.73.